The van der Waals surface area contributed by atoms with Gasteiger partial charge in [0.2, 0.25) is 0 Å². The number of ketones is 2. The molecule has 1 unspecified atom stereocenters. The number of rotatable bonds is 27. The number of amides is 5. The van der Waals surface area contributed by atoms with Gasteiger partial charge in [0.1, 0.15) is 29.5 Å². The Morgan fingerprint density at radius 3 is 1.79 bits per heavy atom. The molecular weight excluding hydrogens is 1690 g/mol. The normalized spacial score (nSPS) is 13.1. The van der Waals surface area contributed by atoms with Crippen LogP contribution >= 0.6 is 80.9 Å². The van der Waals surface area contributed by atoms with E-state index in [0.717, 1.165) is 28.3 Å². The number of nitrogens with one attached hydrogen (secondary N) is 4. The van der Waals surface area contributed by atoms with Crippen molar-refractivity contribution in [1.29, 1.82) is 0 Å². The van der Waals surface area contributed by atoms with Crippen molar-refractivity contribution in [2.45, 2.75) is 79.4 Å². The Bertz CT molecular complexity index is 6100. The van der Waals surface area contributed by atoms with Gasteiger partial charge in [0, 0.05) is 97.2 Å². The number of furan rings is 2. The topological polar surface area (TPSA) is 378 Å². The van der Waals surface area contributed by atoms with E-state index in [1.165, 1.54) is 54.0 Å². The molecule has 117 heavy (non-hydrogen) atoms. The van der Waals surface area contributed by atoms with Crippen molar-refractivity contribution >= 4 is 192 Å². The highest BCUT2D eigenvalue weighted by molar-refractivity contribution is 7.99. The van der Waals surface area contributed by atoms with Crippen LogP contribution in [-0.4, -0.2) is 151 Å². The molecule has 0 spiro atoms. The number of carbonyl (C=O) groups excluding carboxylic acids is 7. The van der Waals surface area contributed by atoms with E-state index >= 15 is 0 Å². The molecule has 0 bridgehead atoms. The van der Waals surface area contributed by atoms with Gasteiger partial charge in [0.25, 0.3) is 29.5 Å². The molecule has 7 aromatic carbocycles. The van der Waals surface area contributed by atoms with Crippen LogP contribution in [0.2, 0.25) is 30.1 Å². The van der Waals surface area contributed by atoms with E-state index in [1.807, 2.05) is 42.5 Å². The molecule has 6 heterocycles. The number of aliphatic carboxylic acids is 3. The zero-order valence-electron chi connectivity index (χ0n) is 61.7. The van der Waals surface area contributed by atoms with Gasteiger partial charge in [0.05, 0.1) is 74.6 Å². The Labute approximate surface area is 702 Å². The third kappa shape index (κ3) is 21.7. The van der Waals surface area contributed by atoms with Gasteiger partial charge in [-0.2, -0.15) is 5.10 Å². The summed E-state index contributed by atoms with van der Waals surface area (Å²) < 4.78 is 48.2. The van der Waals surface area contributed by atoms with Crippen molar-refractivity contribution in [3.05, 3.63) is 290 Å². The van der Waals surface area contributed by atoms with Crippen molar-refractivity contribution < 1.29 is 84.7 Å². The summed E-state index contributed by atoms with van der Waals surface area (Å²) in [5.41, 5.74) is 5.43. The van der Waals surface area contributed by atoms with E-state index in [2.05, 4.69) is 32.2 Å². The number of aryl methyl sites for hydroxylation is 2. The largest absolute Gasteiger partial charge is 0.480 e. The summed E-state index contributed by atoms with van der Waals surface area (Å²) in [6, 6.07) is 40.6. The number of carboxylic acids is 3. The van der Waals surface area contributed by atoms with Gasteiger partial charge in [-0.3, -0.25) is 37.8 Å². The summed E-state index contributed by atoms with van der Waals surface area (Å²) >= 11 is 39.9. The van der Waals surface area contributed by atoms with Crippen LogP contribution in [0.5, 0.6) is 0 Å². The number of aromatic nitrogens is 2. The average molecular weight is 1760 g/mol. The number of hydrogen-bond acceptors (Lipinski definition) is 17. The lowest BCUT2D eigenvalue weighted by molar-refractivity contribution is -0.140. The molecule has 0 saturated carbocycles. The minimum Gasteiger partial charge on any atom is -0.480 e. The number of sulfone groups is 1. The Hall–Kier alpha value is -11.2. The van der Waals surface area contributed by atoms with Crippen LogP contribution in [0.3, 0.4) is 0 Å². The molecule has 25 nitrogen and oxygen atoms in total. The minimum atomic E-state index is -3.50. The Morgan fingerprint density at radius 1 is 0.556 bits per heavy atom. The number of Topliss-reactive ketones (excluding diaryl/α,β-unsaturated/α-hetero) is 2. The van der Waals surface area contributed by atoms with Crippen LogP contribution in [0.4, 0.5) is 0 Å². The van der Waals surface area contributed by atoms with Crippen molar-refractivity contribution in [2.75, 3.05) is 25.6 Å². The quantitative estimate of drug-likeness (QED) is 0.0186. The van der Waals surface area contributed by atoms with E-state index in [9.17, 15) is 75.9 Å². The number of thiophene rings is 1. The van der Waals surface area contributed by atoms with Crippen LogP contribution in [-0.2, 0) is 72.4 Å². The Balaban J connectivity index is 0.000000172. The lowest BCUT2D eigenvalue weighted by atomic mass is 9.96. The molecule has 0 saturated heterocycles. The Kier molecular flexibility index (Phi) is 28.0. The predicted molar refractivity (Wildman–Crippen MR) is 447 cm³/mol. The molecule has 13 rings (SSSR count). The molecule has 5 amide bonds. The maximum absolute atomic E-state index is 13.2. The zero-order chi connectivity index (χ0) is 84.3. The number of hydrogen-bond donors (Lipinski definition) is 7. The molecule has 604 valence electrons. The van der Waals surface area contributed by atoms with Gasteiger partial charge in [0.15, 0.2) is 27.1 Å². The standard InChI is InChI=1S/C29H25Cl2NO6S.C28H23Cl2NO7S.C26H21Cl2N5O5S/c1-39(2,37)21-7-3-5-17(13-21)14-24(29(35)36)32-28(34)26-23(30)16-19-15-18(8-10-22(19)27(26)31)25(33)11-9-20-6-4-12-38-20;1-39(36,37)20-4-2-3-17(11-20)12-23(28(34)35)31-27(33)26-21(29)14-19(15-22(26)30)24(32)8-6-16-5-7-18-9-10-38-25(18)13-16;27-17-10-14-13-32(25(36)18-11-15-4-1-2-7-33(15)31-18)8-6-16(14)22(28)21(17)24(35)30-19(26(37)38)12-29-23(34)20-5-3-9-39-20/h3-8,10,12-13,15-16,24H,1,9,11,14H2,2H3,(H,32,34)(H,35,36);2-5,7,9-11,13-15,23H,6,8,12H2,1H3,(H,31,33)(H,34,35);1-5,7,9-11,19H,6,8,12-13H2,(H,29,34)(H,30,35)(H,37,38)/t24-,39?;23-;19-/m000/s1. The lowest BCUT2D eigenvalue weighted by Crippen LogP contribution is -2.48. The second-order valence-electron chi connectivity index (χ2n) is 27.0. The highest BCUT2D eigenvalue weighted by Crippen LogP contribution is 2.37. The molecule has 34 heteroatoms. The first-order valence-electron chi connectivity index (χ1n) is 35.4. The van der Waals surface area contributed by atoms with Crippen LogP contribution < -0.4 is 21.3 Å². The van der Waals surface area contributed by atoms with Gasteiger partial charge in [-0.1, -0.05) is 130 Å². The molecule has 1 aliphatic heterocycles. The first-order valence-corrected chi connectivity index (χ1v) is 42.6. The number of carboxylic acid groups (broad SMARTS) is 3. The lowest BCUT2D eigenvalue weighted by Gasteiger charge is -2.30. The third-order valence-corrected chi connectivity index (χ3v) is 23.9. The molecule has 4 atom stereocenters. The fourth-order valence-electron chi connectivity index (χ4n) is 12.6. The molecule has 0 aliphatic carbocycles. The van der Waals surface area contributed by atoms with Crippen molar-refractivity contribution in [3.63, 3.8) is 0 Å². The predicted octanol–water partition coefficient (Wildman–Crippen LogP) is 14.6. The second-order valence-corrected chi connectivity index (χ2v) is 34.9. The first kappa shape index (κ1) is 86.7. The Morgan fingerprint density at radius 2 is 1.17 bits per heavy atom. The number of fused-ring (bicyclic) bond motifs is 4. The number of halogens is 6. The van der Waals surface area contributed by atoms with Crippen LogP contribution in [0.1, 0.15) is 118 Å². The molecule has 7 N–H and O–H groups in total. The summed E-state index contributed by atoms with van der Waals surface area (Å²) in [5, 5.41) is 46.8. The average Bonchev–Trinajstić information content (AvgIpc) is 1.41. The summed E-state index contributed by atoms with van der Waals surface area (Å²) in [5.74, 6) is -2.96. The minimum absolute atomic E-state index is 0.0131. The number of benzene rings is 7. The summed E-state index contributed by atoms with van der Waals surface area (Å²) in [6.07, 6.45) is 8.90. The van der Waals surface area contributed by atoms with E-state index < -0.39 is 79.0 Å². The van der Waals surface area contributed by atoms with Crippen LogP contribution in [0.25, 0.3) is 27.3 Å². The van der Waals surface area contributed by atoms with Gasteiger partial charge in [-0.05, 0) is 170 Å². The smallest absolute Gasteiger partial charge is 0.328 e. The molecule has 0 fully saturated rings. The second kappa shape index (κ2) is 37.8. The maximum atomic E-state index is 13.2. The third-order valence-electron chi connectivity index (χ3n) is 18.6. The fraction of sp³-hybridized carbons (Fsp3) is 0.181. The van der Waals surface area contributed by atoms with E-state index in [1.54, 1.807) is 118 Å². The van der Waals surface area contributed by atoms with Crippen molar-refractivity contribution in [3.8, 4) is 0 Å². The fourth-order valence-corrected chi connectivity index (χ4v) is 16.8. The van der Waals surface area contributed by atoms with Gasteiger partial charge in [-0.15, -0.1) is 11.3 Å². The molecular formula is C83H69Cl6N7O18S3. The van der Waals surface area contributed by atoms with Gasteiger partial charge >= 0.3 is 17.9 Å². The van der Waals surface area contributed by atoms with Gasteiger partial charge in [-0.25, -0.2) is 27.3 Å². The number of pyridine rings is 1. The van der Waals surface area contributed by atoms with Crippen molar-refractivity contribution in [1.82, 2.24) is 35.8 Å². The van der Waals surface area contributed by atoms with E-state index in [4.69, 9.17) is 78.4 Å². The SMILES string of the molecule is C=S(C)(=O)c1cccc(C[C@H](NC(=O)c2c(Cl)cc3cc(C(=O)CCc4ccco4)ccc3c2Cl)C(=O)O)c1.CS(=O)(=O)c1cccc(C[C@H](NC(=O)c2c(Cl)cc(C(=O)CCc3ccc4ccoc4c3)cc2Cl)C(=O)O)c1.O=C(NC[C@H](NC(=O)c1c(Cl)cc2c(c1Cl)CCN(C(=O)c1cc3ccccn3n1)C2)C(=O)O)c1cccs1. The van der Waals surface area contributed by atoms with E-state index in [-0.39, 0.29) is 114 Å². The molecule has 0 radical (unpaired) electrons. The number of carbonyl (C=O) groups is 10. The van der Waals surface area contributed by atoms with Gasteiger partial charge < -0.3 is 50.3 Å². The van der Waals surface area contributed by atoms with Crippen LogP contribution in [0, 0.1) is 0 Å². The highest BCUT2D eigenvalue weighted by atomic mass is 35.5. The van der Waals surface area contributed by atoms with Crippen molar-refractivity contribution in [2.24, 2.45) is 0 Å². The molecule has 1 aliphatic rings. The van der Waals surface area contributed by atoms with E-state index in [0.29, 0.717) is 85.6 Å². The summed E-state index contributed by atoms with van der Waals surface area (Å²) in [4.78, 5) is 128. The van der Waals surface area contributed by atoms with Crippen LogP contribution in [0.15, 0.2) is 207 Å². The summed E-state index contributed by atoms with van der Waals surface area (Å²) in [7, 11) is -5.99. The monoisotopic (exact) mass is 1760 g/mol. The molecule has 5 aromatic heterocycles. The first-order chi connectivity index (χ1) is 55.6. The molecule has 12 aromatic rings. The number of nitrogens with zero attached hydrogens (tertiary/aromatic N) is 3. The zero-order valence-corrected chi connectivity index (χ0v) is 68.7. The maximum Gasteiger partial charge on any atom is 0.328 e. The highest BCUT2D eigenvalue weighted by Gasteiger charge is 2.33. The summed E-state index contributed by atoms with van der Waals surface area (Å²) in [6.45, 7) is 0.225.